The Labute approximate surface area is 244 Å². The molecular weight excluding hydrogens is 542 g/mol. The number of aryl methyl sites for hydroxylation is 2. The van der Waals surface area contributed by atoms with Crippen LogP contribution in [0.25, 0.3) is 27.5 Å². The van der Waals surface area contributed by atoms with Gasteiger partial charge in [0.05, 0.1) is 28.6 Å². The highest BCUT2D eigenvalue weighted by Gasteiger charge is 2.25. The number of para-hydroxylation sites is 1. The quantitative estimate of drug-likeness (QED) is 0.219. The van der Waals surface area contributed by atoms with E-state index in [1.54, 1.807) is 17.6 Å². The van der Waals surface area contributed by atoms with E-state index in [4.69, 9.17) is 16.6 Å². The summed E-state index contributed by atoms with van der Waals surface area (Å²) >= 11 is 7.44. The normalized spacial score (nSPS) is 12.1. The Balaban J connectivity index is 2.03. The molecule has 0 saturated heterocycles. The number of hydrogen-bond donors (Lipinski definition) is 2. The van der Waals surface area contributed by atoms with Gasteiger partial charge in [-0.1, -0.05) is 69.6 Å². The summed E-state index contributed by atoms with van der Waals surface area (Å²) in [5, 5.41) is 15.8. The fourth-order valence-corrected chi connectivity index (χ4v) is 5.78. The number of rotatable bonds is 10. The standard InChI is InChI=1S/C32H36ClN3O3S/c1-6-21-9-8-10-22(7-2)29(21)36-28(15-19(3)4)25(30(38)34-17-20(5)37)16-26(32(36)39)31-35-27(18-40-31)23-11-13-24(33)14-12-23/h8-14,16,18-20,37H,6-7,15,17H2,1-5H3,(H,34,38)/t20-/m1/s1. The molecule has 2 N–H and O–H groups in total. The number of carbonyl (C=O) groups excluding carboxylic acids is 1. The number of aromatic nitrogens is 2. The third-order valence-electron chi connectivity index (χ3n) is 6.77. The molecule has 0 radical (unpaired) electrons. The predicted octanol–water partition coefficient (Wildman–Crippen LogP) is 6.72. The van der Waals surface area contributed by atoms with Crippen LogP contribution in [0.3, 0.4) is 0 Å². The lowest BCUT2D eigenvalue weighted by Gasteiger charge is -2.23. The highest BCUT2D eigenvalue weighted by Crippen LogP contribution is 2.31. The largest absolute Gasteiger partial charge is 0.392 e. The zero-order chi connectivity index (χ0) is 29.0. The number of halogens is 1. The molecule has 0 unspecified atom stereocenters. The maximum atomic E-state index is 14.5. The molecular formula is C32H36ClN3O3S. The SMILES string of the molecule is CCc1cccc(CC)c1-n1c(CC(C)C)c(C(=O)NC[C@@H](C)O)cc(-c2nc(-c3ccc(Cl)cc3)cs2)c1=O. The minimum Gasteiger partial charge on any atom is -0.392 e. The van der Waals surface area contributed by atoms with E-state index in [2.05, 4.69) is 33.0 Å². The summed E-state index contributed by atoms with van der Waals surface area (Å²) in [6.45, 7) is 10.0. The van der Waals surface area contributed by atoms with E-state index in [0.717, 1.165) is 40.9 Å². The van der Waals surface area contributed by atoms with Gasteiger partial charge in [0.15, 0.2) is 0 Å². The summed E-state index contributed by atoms with van der Waals surface area (Å²) in [5.74, 6) is -0.136. The smallest absolute Gasteiger partial charge is 0.265 e. The molecule has 40 heavy (non-hydrogen) atoms. The van der Waals surface area contributed by atoms with Gasteiger partial charge in [-0.05, 0) is 61.4 Å². The first kappa shape index (κ1) is 29.7. The number of aliphatic hydroxyl groups excluding tert-OH is 1. The summed E-state index contributed by atoms with van der Waals surface area (Å²) in [7, 11) is 0. The zero-order valence-electron chi connectivity index (χ0n) is 23.6. The summed E-state index contributed by atoms with van der Waals surface area (Å²) in [5.41, 5.74) is 5.80. The van der Waals surface area contributed by atoms with Crippen molar-refractivity contribution in [1.82, 2.24) is 14.9 Å². The van der Waals surface area contributed by atoms with Crippen LogP contribution in [0.4, 0.5) is 0 Å². The molecule has 0 fully saturated rings. The van der Waals surface area contributed by atoms with Crippen molar-refractivity contribution in [3.05, 3.63) is 91.7 Å². The van der Waals surface area contributed by atoms with E-state index in [1.807, 2.05) is 47.8 Å². The van der Waals surface area contributed by atoms with Crippen molar-refractivity contribution in [2.24, 2.45) is 5.92 Å². The summed E-state index contributed by atoms with van der Waals surface area (Å²) < 4.78 is 1.76. The van der Waals surface area contributed by atoms with Gasteiger partial charge in [-0.2, -0.15) is 0 Å². The lowest BCUT2D eigenvalue weighted by molar-refractivity contribution is 0.0922. The molecule has 2 aromatic heterocycles. The van der Waals surface area contributed by atoms with Gasteiger partial charge in [-0.25, -0.2) is 4.98 Å². The third-order valence-corrected chi connectivity index (χ3v) is 7.90. The first-order valence-electron chi connectivity index (χ1n) is 13.7. The molecule has 0 spiro atoms. The Morgan fingerprint density at radius 1 is 1.07 bits per heavy atom. The van der Waals surface area contributed by atoms with Crippen LogP contribution >= 0.6 is 22.9 Å². The van der Waals surface area contributed by atoms with Crippen LogP contribution in [0.1, 0.15) is 61.8 Å². The van der Waals surface area contributed by atoms with Crippen LogP contribution < -0.4 is 10.9 Å². The Morgan fingerprint density at radius 3 is 2.30 bits per heavy atom. The van der Waals surface area contributed by atoms with Gasteiger partial charge in [-0.15, -0.1) is 11.3 Å². The van der Waals surface area contributed by atoms with Crippen molar-refractivity contribution in [2.45, 2.75) is 60.0 Å². The number of hydrogen-bond acceptors (Lipinski definition) is 5. The maximum Gasteiger partial charge on any atom is 0.265 e. The lowest BCUT2D eigenvalue weighted by atomic mass is 9.97. The Hall–Kier alpha value is -3.26. The van der Waals surface area contributed by atoms with Crippen molar-refractivity contribution in [2.75, 3.05) is 6.54 Å². The molecule has 0 aliphatic heterocycles. The highest BCUT2D eigenvalue weighted by atomic mass is 35.5. The molecule has 0 aliphatic rings. The molecule has 2 heterocycles. The molecule has 6 nitrogen and oxygen atoms in total. The Morgan fingerprint density at radius 2 is 1.73 bits per heavy atom. The molecule has 1 atom stereocenters. The van der Waals surface area contributed by atoms with Crippen LogP contribution in [0.15, 0.2) is 58.7 Å². The molecule has 2 aromatic carbocycles. The van der Waals surface area contributed by atoms with Gasteiger partial charge in [0, 0.05) is 28.2 Å². The van der Waals surface area contributed by atoms with E-state index >= 15 is 0 Å². The predicted molar refractivity (Wildman–Crippen MR) is 165 cm³/mol. The minimum absolute atomic E-state index is 0.109. The third kappa shape index (κ3) is 6.38. The fourth-order valence-electron chi connectivity index (χ4n) is 4.82. The number of aliphatic hydroxyl groups is 1. The average molecular weight is 578 g/mol. The van der Waals surface area contributed by atoms with Crippen molar-refractivity contribution in [3.8, 4) is 27.5 Å². The lowest BCUT2D eigenvalue weighted by Crippen LogP contribution is -2.35. The van der Waals surface area contributed by atoms with Crippen LogP contribution in [-0.4, -0.2) is 33.2 Å². The van der Waals surface area contributed by atoms with Gasteiger partial charge >= 0.3 is 0 Å². The van der Waals surface area contributed by atoms with Crippen molar-refractivity contribution in [1.29, 1.82) is 0 Å². The van der Waals surface area contributed by atoms with Crippen molar-refractivity contribution >= 4 is 28.8 Å². The second-order valence-corrected chi connectivity index (χ2v) is 11.7. The van der Waals surface area contributed by atoms with Gasteiger partial charge < -0.3 is 10.4 Å². The van der Waals surface area contributed by atoms with E-state index in [9.17, 15) is 14.7 Å². The number of thiazole rings is 1. The van der Waals surface area contributed by atoms with E-state index < -0.39 is 6.10 Å². The number of nitrogens with zero attached hydrogens (tertiary/aromatic N) is 2. The summed E-state index contributed by atoms with van der Waals surface area (Å²) in [6, 6.07) is 15.2. The summed E-state index contributed by atoms with van der Waals surface area (Å²) in [4.78, 5) is 32.9. The number of carbonyl (C=O) groups is 1. The Bertz CT molecular complexity index is 1530. The monoisotopic (exact) mass is 577 g/mol. The molecule has 4 aromatic rings. The average Bonchev–Trinajstić information content (AvgIpc) is 3.42. The molecule has 8 heteroatoms. The molecule has 210 valence electrons. The number of nitrogens with one attached hydrogen (secondary N) is 1. The van der Waals surface area contributed by atoms with Crippen molar-refractivity contribution < 1.29 is 9.90 Å². The fraction of sp³-hybridized carbons (Fsp3) is 0.344. The minimum atomic E-state index is -0.698. The highest BCUT2D eigenvalue weighted by molar-refractivity contribution is 7.13. The van der Waals surface area contributed by atoms with Crippen LogP contribution in [0.2, 0.25) is 5.02 Å². The van der Waals surface area contributed by atoms with E-state index in [0.29, 0.717) is 33.3 Å². The topological polar surface area (TPSA) is 84.2 Å². The van der Waals surface area contributed by atoms with Gasteiger partial charge in [0.2, 0.25) is 0 Å². The second-order valence-electron chi connectivity index (χ2n) is 10.4. The maximum absolute atomic E-state index is 14.5. The van der Waals surface area contributed by atoms with Crippen molar-refractivity contribution in [3.63, 3.8) is 0 Å². The van der Waals surface area contributed by atoms with Crippen LogP contribution in [0, 0.1) is 5.92 Å². The first-order valence-corrected chi connectivity index (χ1v) is 15.0. The number of amides is 1. The number of pyridine rings is 1. The Kier molecular flexibility index (Phi) is 9.61. The van der Waals surface area contributed by atoms with Gasteiger partial charge in [0.1, 0.15) is 5.01 Å². The molecule has 0 bridgehead atoms. The van der Waals surface area contributed by atoms with Gasteiger partial charge in [0.25, 0.3) is 11.5 Å². The van der Waals surface area contributed by atoms with E-state index in [-0.39, 0.29) is 23.9 Å². The van der Waals surface area contributed by atoms with E-state index in [1.165, 1.54) is 11.3 Å². The molecule has 1 amide bonds. The van der Waals surface area contributed by atoms with Crippen LogP contribution in [0.5, 0.6) is 0 Å². The van der Waals surface area contributed by atoms with Gasteiger partial charge in [-0.3, -0.25) is 14.2 Å². The molecule has 4 rings (SSSR count). The first-order chi connectivity index (χ1) is 19.1. The van der Waals surface area contributed by atoms with Crippen LogP contribution in [-0.2, 0) is 19.3 Å². The summed E-state index contributed by atoms with van der Waals surface area (Å²) in [6.07, 6.45) is 1.31. The second kappa shape index (κ2) is 12.9. The number of benzene rings is 2. The zero-order valence-corrected chi connectivity index (χ0v) is 25.2. The molecule has 0 aliphatic carbocycles. The molecule has 0 saturated carbocycles.